The topological polar surface area (TPSA) is 236 Å². The lowest BCUT2D eigenvalue weighted by atomic mass is 9.76. The minimum absolute atomic E-state index is 0.00429. The lowest BCUT2D eigenvalue weighted by molar-refractivity contribution is -0.143. The molecule has 12 N–H and O–H groups in total. The van der Waals surface area contributed by atoms with Gasteiger partial charge < -0.3 is 38.7 Å². The number of carboxylic acid groups (broad SMARTS) is 1. The number of nitrogens with zero attached hydrogens (tertiary/aromatic N) is 1. The molecule has 2 aliphatic rings. The largest absolute Gasteiger partial charge is 0.480 e. The number of hydrogen-bond acceptors (Lipinski definition) is 6. The molecule has 0 aliphatic heterocycles. The number of carbonyl (C=O) groups is 3. The molecule has 12 nitrogen and oxygen atoms in total. The molecule has 0 saturated heterocycles. The third-order valence-corrected chi connectivity index (χ3v) is 9.81. The molecule has 50 heavy (non-hydrogen) atoms. The first-order chi connectivity index (χ1) is 24.1. The fourth-order valence-corrected chi connectivity index (χ4v) is 7.04. The van der Waals surface area contributed by atoms with E-state index in [2.05, 4.69) is 27.8 Å². The van der Waals surface area contributed by atoms with Crippen LogP contribution in [0.1, 0.15) is 93.7 Å². The Morgan fingerprint density at radius 3 is 1.94 bits per heavy atom. The summed E-state index contributed by atoms with van der Waals surface area (Å²) in [6.07, 6.45) is 11.9. The molecule has 2 aromatic rings. The van der Waals surface area contributed by atoms with Gasteiger partial charge in [0.2, 0.25) is 11.8 Å². The number of carbonyl (C=O) groups excluding carboxylic acids is 2. The summed E-state index contributed by atoms with van der Waals surface area (Å²) in [5.41, 5.74) is 24.6. The van der Waals surface area contributed by atoms with Gasteiger partial charge in [-0.2, -0.15) is 0 Å². The van der Waals surface area contributed by atoms with E-state index in [1.807, 2.05) is 30.3 Å². The minimum atomic E-state index is -1.13. The molecule has 0 heterocycles. The maximum absolute atomic E-state index is 14.0. The van der Waals surface area contributed by atoms with Crippen molar-refractivity contribution in [3.63, 3.8) is 0 Å². The number of nitrogens with two attached hydrogens (primary N) is 4. The van der Waals surface area contributed by atoms with Crippen LogP contribution in [0.3, 0.4) is 0 Å². The van der Waals surface area contributed by atoms with E-state index in [9.17, 15) is 19.5 Å². The van der Waals surface area contributed by atoms with Gasteiger partial charge in [0.05, 0.1) is 0 Å². The maximum Gasteiger partial charge on any atom is 0.326 e. The van der Waals surface area contributed by atoms with Gasteiger partial charge in [-0.05, 0) is 80.9 Å². The summed E-state index contributed by atoms with van der Waals surface area (Å²) in [4.78, 5) is 43.4. The Balaban J connectivity index is 0.000000650. The fourth-order valence-electron chi connectivity index (χ4n) is 7.04. The molecular weight excluding hydrogens is 632 g/mol. The highest BCUT2D eigenvalue weighted by atomic mass is 16.4. The molecule has 2 aromatic carbocycles. The number of aliphatic imine (C=N–C) groups is 1. The molecule has 0 spiro atoms. The molecule has 0 radical (unpaired) electrons. The molecule has 2 amide bonds. The lowest BCUT2D eigenvalue weighted by Crippen LogP contribution is -2.56. The zero-order chi connectivity index (χ0) is 36.3. The van der Waals surface area contributed by atoms with E-state index < -0.39 is 24.0 Å². The summed E-state index contributed by atoms with van der Waals surface area (Å²) in [7, 11) is 0. The maximum atomic E-state index is 14.0. The average molecular weight is 691 g/mol. The fraction of sp³-hybridized carbons (Fsp3) is 0.553. The van der Waals surface area contributed by atoms with Gasteiger partial charge >= 0.3 is 5.97 Å². The molecule has 2 unspecified atom stereocenters. The summed E-state index contributed by atoms with van der Waals surface area (Å²) in [6, 6.07) is 15.8. The van der Waals surface area contributed by atoms with Crippen molar-refractivity contribution in [2.45, 2.75) is 102 Å². The van der Waals surface area contributed by atoms with Crippen molar-refractivity contribution in [2.75, 3.05) is 13.1 Å². The van der Waals surface area contributed by atoms with Crippen LogP contribution in [-0.4, -0.2) is 59.9 Å². The first kappa shape index (κ1) is 40.0. The Bertz CT molecular complexity index is 1370. The van der Waals surface area contributed by atoms with Crippen LogP contribution in [0.5, 0.6) is 0 Å². The van der Waals surface area contributed by atoms with E-state index in [-0.39, 0.29) is 48.4 Å². The summed E-state index contributed by atoms with van der Waals surface area (Å²) < 4.78 is 0. The second-order valence-corrected chi connectivity index (χ2v) is 13.6. The van der Waals surface area contributed by atoms with E-state index in [4.69, 9.17) is 28.3 Å². The van der Waals surface area contributed by atoms with Crippen LogP contribution in [0, 0.1) is 23.2 Å². The molecule has 0 aromatic heterocycles. The van der Waals surface area contributed by atoms with E-state index in [1.165, 1.54) is 5.56 Å². The first-order valence-electron chi connectivity index (χ1n) is 18.1. The number of nitrogens with one attached hydrogen (secondary N) is 3. The number of benzene rings is 2. The van der Waals surface area contributed by atoms with Gasteiger partial charge in [-0.3, -0.25) is 20.0 Å². The van der Waals surface area contributed by atoms with Crippen LogP contribution in [-0.2, 0) is 27.2 Å². The van der Waals surface area contributed by atoms with Crippen molar-refractivity contribution < 1.29 is 19.5 Å². The monoisotopic (exact) mass is 690 g/mol. The van der Waals surface area contributed by atoms with E-state index in [0.29, 0.717) is 18.4 Å². The van der Waals surface area contributed by atoms with E-state index in [0.717, 1.165) is 82.7 Å². The minimum Gasteiger partial charge on any atom is -0.480 e. The number of rotatable bonds is 16. The van der Waals surface area contributed by atoms with Gasteiger partial charge in [-0.1, -0.05) is 93.1 Å². The zero-order valence-electron chi connectivity index (χ0n) is 29.3. The van der Waals surface area contributed by atoms with Crippen LogP contribution in [0.4, 0.5) is 0 Å². The molecule has 2 saturated carbocycles. The van der Waals surface area contributed by atoms with Crippen LogP contribution < -0.4 is 33.6 Å². The van der Waals surface area contributed by atoms with Gasteiger partial charge in [0.25, 0.3) is 0 Å². The van der Waals surface area contributed by atoms with Crippen molar-refractivity contribution in [1.29, 1.82) is 5.41 Å². The van der Waals surface area contributed by atoms with Crippen molar-refractivity contribution in [2.24, 2.45) is 45.7 Å². The van der Waals surface area contributed by atoms with Gasteiger partial charge in [0.1, 0.15) is 17.9 Å². The third-order valence-electron chi connectivity index (χ3n) is 9.81. The summed E-state index contributed by atoms with van der Waals surface area (Å²) in [5.74, 6) is -1.97. The highest BCUT2D eigenvalue weighted by molar-refractivity contribution is 5.95. The summed E-state index contributed by atoms with van der Waals surface area (Å²) in [5, 5.41) is 23.2. The standard InChI is InChI=1S/C30H47N7O4.C8H11N/c31-26(32)22-15-13-19(14-16-22)18-23(20-8-3-1-4-9-20)27(38)37-25(21-10-5-2-6-11-21)28(39)36-24(29(40)41)12-7-17-35-30(33)34;9-7-6-8-4-2-1-3-5-8/h13-16,20-21,23-25H,1-12,17-18H2,(H3,31,32)(H,36,39)(H,37,38)(H,40,41)(H4,33,34,35);1-5H,6-7,9H2/t23?,24-,25?;/m0./s1. The van der Waals surface area contributed by atoms with Crippen molar-refractivity contribution in [1.82, 2.24) is 10.6 Å². The van der Waals surface area contributed by atoms with Crippen LogP contribution in [0.25, 0.3) is 0 Å². The third kappa shape index (κ3) is 13.8. The summed E-state index contributed by atoms with van der Waals surface area (Å²) in [6.45, 7) is 1.01. The Labute approximate surface area is 296 Å². The van der Waals surface area contributed by atoms with Crippen LogP contribution in [0.2, 0.25) is 0 Å². The average Bonchev–Trinajstić information content (AvgIpc) is 3.12. The highest BCUT2D eigenvalue weighted by Crippen LogP contribution is 2.33. The summed E-state index contributed by atoms with van der Waals surface area (Å²) >= 11 is 0. The molecule has 4 rings (SSSR count). The molecule has 12 heteroatoms. The zero-order valence-corrected chi connectivity index (χ0v) is 29.3. The predicted molar refractivity (Wildman–Crippen MR) is 198 cm³/mol. The number of nitrogen functional groups attached to an aromatic ring is 1. The van der Waals surface area contributed by atoms with Crippen molar-refractivity contribution in [3.8, 4) is 0 Å². The molecule has 2 fully saturated rings. The number of carboxylic acids is 1. The molecular formula is C38H58N8O4. The predicted octanol–water partition coefficient (Wildman–Crippen LogP) is 3.59. The number of amidine groups is 1. The Morgan fingerprint density at radius 1 is 0.800 bits per heavy atom. The normalized spacial score (nSPS) is 16.8. The molecule has 3 atom stereocenters. The highest BCUT2D eigenvalue weighted by Gasteiger charge is 2.37. The number of guanidine groups is 1. The van der Waals surface area contributed by atoms with Crippen LogP contribution >= 0.6 is 0 Å². The van der Waals surface area contributed by atoms with Crippen molar-refractivity contribution >= 4 is 29.6 Å². The van der Waals surface area contributed by atoms with Crippen molar-refractivity contribution in [3.05, 3.63) is 71.3 Å². The number of aliphatic carboxylic acids is 1. The smallest absolute Gasteiger partial charge is 0.326 e. The second-order valence-electron chi connectivity index (χ2n) is 13.6. The van der Waals surface area contributed by atoms with E-state index in [1.54, 1.807) is 12.1 Å². The van der Waals surface area contributed by atoms with Gasteiger partial charge in [-0.15, -0.1) is 0 Å². The SMILES string of the molecule is N=C(N)c1ccc(CC(C(=O)NC(C(=O)N[C@@H](CCCN=C(N)N)C(=O)O)C2CCCCC2)C2CCCCC2)cc1.NCCc1ccccc1. The number of amides is 2. The van der Waals surface area contributed by atoms with E-state index >= 15 is 0 Å². The van der Waals surface area contributed by atoms with Gasteiger partial charge in [-0.25, -0.2) is 4.79 Å². The van der Waals surface area contributed by atoms with Gasteiger partial charge in [0, 0.05) is 18.0 Å². The molecule has 274 valence electrons. The Morgan fingerprint density at radius 2 is 1.40 bits per heavy atom. The van der Waals surface area contributed by atoms with Crippen LogP contribution in [0.15, 0.2) is 59.6 Å². The first-order valence-corrected chi connectivity index (χ1v) is 18.1. The Kier molecular flexibility index (Phi) is 17.3. The lowest BCUT2D eigenvalue weighted by Gasteiger charge is -2.34. The molecule has 0 bridgehead atoms. The molecule has 2 aliphatic carbocycles. The Hall–Kier alpha value is -4.45. The number of hydrogen-bond donors (Lipinski definition) is 8. The second kappa shape index (κ2) is 21.6. The quantitative estimate of drug-likeness (QED) is 0.0734. The van der Waals surface area contributed by atoms with Gasteiger partial charge in [0.15, 0.2) is 5.96 Å².